The number of anilines is 1. The lowest BCUT2D eigenvalue weighted by Gasteiger charge is -2.37. The number of hydrogen-bond donors (Lipinski definition) is 0. The Labute approximate surface area is 169 Å². The summed E-state index contributed by atoms with van der Waals surface area (Å²) in [6.45, 7) is 3.11. The summed E-state index contributed by atoms with van der Waals surface area (Å²) < 4.78 is 7.62. The minimum absolute atomic E-state index is 0.0646. The van der Waals surface area contributed by atoms with Crippen LogP contribution in [0.25, 0.3) is 0 Å². The molecule has 4 rings (SSSR count). The number of benzene rings is 1. The molecule has 0 radical (unpaired) electrons. The Morgan fingerprint density at radius 3 is 2.46 bits per heavy atom. The highest BCUT2D eigenvalue weighted by Gasteiger charge is 2.26. The van der Waals surface area contributed by atoms with Crippen molar-refractivity contribution in [3.63, 3.8) is 0 Å². The van der Waals surface area contributed by atoms with E-state index in [2.05, 4.69) is 27.0 Å². The van der Waals surface area contributed by atoms with E-state index < -0.39 is 0 Å². The molecule has 1 unspecified atom stereocenters. The molecular weight excluding hydrogens is 370 g/mol. The summed E-state index contributed by atoms with van der Waals surface area (Å²) in [6.07, 6.45) is 4.57. The van der Waals surface area contributed by atoms with Gasteiger partial charge in [-0.25, -0.2) is 0 Å². The number of aromatic nitrogens is 1. The van der Waals surface area contributed by atoms with Crippen LogP contribution in [0.4, 0.5) is 5.69 Å². The monoisotopic (exact) mass is 395 g/mol. The number of rotatable bonds is 6. The predicted molar refractivity (Wildman–Crippen MR) is 113 cm³/mol. The number of thiophene rings is 1. The third-order valence-electron chi connectivity index (χ3n) is 5.29. The summed E-state index contributed by atoms with van der Waals surface area (Å²) >= 11 is 1.71. The molecule has 1 fully saturated rings. The van der Waals surface area contributed by atoms with Crippen LogP contribution in [-0.2, 0) is 4.79 Å². The van der Waals surface area contributed by atoms with Crippen molar-refractivity contribution in [3.8, 4) is 5.75 Å². The van der Waals surface area contributed by atoms with E-state index in [0.717, 1.165) is 37.6 Å². The number of nitrogens with zero attached hydrogens (tertiary/aromatic N) is 3. The van der Waals surface area contributed by atoms with E-state index in [-0.39, 0.29) is 11.9 Å². The molecule has 1 atom stereocenters. The maximum atomic E-state index is 13.0. The van der Waals surface area contributed by atoms with Gasteiger partial charge in [-0.15, -0.1) is 11.3 Å². The molecule has 1 aliphatic rings. The molecule has 0 bridgehead atoms. The van der Waals surface area contributed by atoms with Gasteiger partial charge in [-0.1, -0.05) is 18.2 Å². The zero-order chi connectivity index (χ0) is 19.3. The first-order chi connectivity index (χ1) is 13.8. The van der Waals surface area contributed by atoms with Gasteiger partial charge in [-0.3, -0.25) is 4.79 Å². The van der Waals surface area contributed by atoms with Gasteiger partial charge in [0, 0.05) is 43.4 Å². The van der Waals surface area contributed by atoms with Crippen LogP contribution >= 0.6 is 11.3 Å². The topological polar surface area (TPSA) is 37.7 Å². The fourth-order valence-corrected chi connectivity index (χ4v) is 4.61. The van der Waals surface area contributed by atoms with Gasteiger partial charge in [0.05, 0.1) is 25.3 Å². The first-order valence-electron chi connectivity index (χ1n) is 9.58. The number of para-hydroxylation sites is 2. The smallest absolute Gasteiger partial charge is 0.225 e. The number of piperazine rings is 1. The van der Waals surface area contributed by atoms with Crippen molar-refractivity contribution in [2.24, 2.45) is 0 Å². The molecule has 28 heavy (non-hydrogen) atoms. The highest BCUT2D eigenvalue weighted by molar-refractivity contribution is 7.10. The molecule has 3 aromatic rings. The van der Waals surface area contributed by atoms with E-state index in [1.807, 2.05) is 53.7 Å². The van der Waals surface area contributed by atoms with Gasteiger partial charge >= 0.3 is 0 Å². The van der Waals surface area contributed by atoms with Gasteiger partial charge in [-0.05, 0) is 35.7 Å². The van der Waals surface area contributed by atoms with Crippen molar-refractivity contribution < 1.29 is 9.53 Å². The quantitative estimate of drug-likeness (QED) is 0.636. The second kappa shape index (κ2) is 8.52. The molecule has 6 heteroatoms. The van der Waals surface area contributed by atoms with Crippen LogP contribution in [0, 0.1) is 0 Å². The summed E-state index contributed by atoms with van der Waals surface area (Å²) in [4.78, 5) is 18.6. The Hall–Kier alpha value is -2.73. The zero-order valence-electron chi connectivity index (χ0n) is 16.0. The van der Waals surface area contributed by atoms with Crippen molar-refractivity contribution in [1.82, 2.24) is 9.47 Å². The number of methoxy groups -OCH3 is 1. The van der Waals surface area contributed by atoms with Crippen molar-refractivity contribution in [3.05, 3.63) is 71.2 Å². The van der Waals surface area contributed by atoms with E-state index >= 15 is 0 Å². The summed E-state index contributed by atoms with van der Waals surface area (Å²) in [5, 5.41) is 2.07. The standard InChI is InChI=1S/C22H25N3O2S/c1-27-20-8-3-2-7-18(20)24-12-14-25(15-13-24)22(26)17-19(21-9-6-16-28-21)23-10-4-5-11-23/h2-11,16,19H,12-15,17H2,1H3. The highest BCUT2D eigenvalue weighted by atomic mass is 32.1. The van der Waals surface area contributed by atoms with Crippen molar-refractivity contribution in [2.45, 2.75) is 12.5 Å². The normalized spacial score (nSPS) is 15.5. The highest BCUT2D eigenvalue weighted by Crippen LogP contribution is 2.30. The molecule has 2 aromatic heterocycles. The molecule has 3 heterocycles. The summed E-state index contributed by atoms with van der Waals surface area (Å²) in [5.74, 6) is 1.10. The molecule has 1 saturated heterocycles. The van der Waals surface area contributed by atoms with E-state index in [1.165, 1.54) is 4.88 Å². The number of ether oxygens (including phenoxy) is 1. The summed E-state index contributed by atoms with van der Waals surface area (Å²) in [5.41, 5.74) is 1.10. The average molecular weight is 396 g/mol. The second-order valence-electron chi connectivity index (χ2n) is 6.91. The van der Waals surface area contributed by atoms with Gasteiger partial charge in [0.25, 0.3) is 0 Å². The second-order valence-corrected chi connectivity index (χ2v) is 7.88. The molecule has 1 aromatic carbocycles. The van der Waals surface area contributed by atoms with E-state index in [9.17, 15) is 4.79 Å². The molecule has 0 N–H and O–H groups in total. The lowest BCUT2D eigenvalue weighted by molar-refractivity contribution is -0.132. The van der Waals surface area contributed by atoms with Gasteiger partial charge in [0.15, 0.2) is 0 Å². The van der Waals surface area contributed by atoms with Crippen LogP contribution in [0.5, 0.6) is 5.75 Å². The van der Waals surface area contributed by atoms with Crippen molar-refractivity contribution in [1.29, 1.82) is 0 Å². The molecule has 1 amide bonds. The van der Waals surface area contributed by atoms with Gasteiger partial charge in [0.2, 0.25) is 5.91 Å². The fourth-order valence-electron chi connectivity index (χ4n) is 3.77. The van der Waals surface area contributed by atoms with Crippen LogP contribution in [0.1, 0.15) is 17.3 Å². The number of carbonyl (C=O) groups excluding carboxylic acids is 1. The summed E-state index contributed by atoms with van der Waals surface area (Å²) in [7, 11) is 1.70. The number of hydrogen-bond acceptors (Lipinski definition) is 4. The fraction of sp³-hybridized carbons (Fsp3) is 0.318. The molecule has 146 valence electrons. The first-order valence-corrected chi connectivity index (χ1v) is 10.5. The van der Waals surface area contributed by atoms with Crippen molar-refractivity contribution >= 4 is 22.9 Å². The average Bonchev–Trinajstić information content (AvgIpc) is 3.46. The molecular formula is C22H25N3O2S. The summed E-state index contributed by atoms with van der Waals surface area (Å²) in [6, 6.07) is 16.3. The Bertz CT molecular complexity index is 850. The van der Waals surface area contributed by atoms with Crippen LogP contribution < -0.4 is 9.64 Å². The van der Waals surface area contributed by atoms with Crippen molar-refractivity contribution in [2.75, 3.05) is 38.2 Å². The Morgan fingerprint density at radius 1 is 1.04 bits per heavy atom. The van der Waals surface area contributed by atoms with E-state index in [0.29, 0.717) is 6.42 Å². The Kier molecular flexibility index (Phi) is 5.67. The molecule has 0 saturated carbocycles. The lowest BCUT2D eigenvalue weighted by atomic mass is 10.1. The zero-order valence-corrected chi connectivity index (χ0v) is 16.8. The molecule has 0 aliphatic carbocycles. The first kappa shape index (κ1) is 18.6. The van der Waals surface area contributed by atoms with Gasteiger partial charge < -0.3 is 19.1 Å². The third-order valence-corrected chi connectivity index (χ3v) is 6.26. The van der Waals surface area contributed by atoms with Crippen LogP contribution in [0.3, 0.4) is 0 Å². The predicted octanol–water partition coefficient (Wildman–Crippen LogP) is 3.89. The maximum Gasteiger partial charge on any atom is 0.225 e. The van der Waals surface area contributed by atoms with Crippen LogP contribution in [0.2, 0.25) is 0 Å². The molecule has 5 nitrogen and oxygen atoms in total. The number of amides is 1. The SMILES string of the molecule is COc1ccccc1N1CCN(C(=O)CC(c2cccs2)n2cccc2)CC1. The van der Waals surface area contributed by atoms with Gasteiger partial charge in [0.1, 0.15) is 5.75 Å². The van der Waals surface area contributed by atoms with E-state index in [4.69, 9.17) is 4.74 Å². The molecule has 0 spiro atoms. The Balaban J connectivity index is 1.41. The number of carbonyl (C=O) groups is 1. The minimum atomic E-state index is 0.0646. The van der Waals surface area contributed by atoms with Gasteiger partial charge in [-0.2, -0.15) is 0 Å². The van der Waals surface area contributed by atoms with E-state index in [1.54, 1.807) is 18.4 Å². The van der Waals surface area contributed by atoms with Crippen LogP contribution in [-0.4, -0.2) is 48.7 Å². The largest absolute Gasteiger partial charge is 0.495 e. The molecule has 1 aliphatic heterocycles. The lowest BCUT2D eigenvalue weighted by Crippen LogP contribution is -2.49. The van der Waals surface area contributed by atoms with Crippen LogP contribution in [0.15, 0.2) is 66.3 Å². The minimum Gasteiger partial charge on any atom is -0.495 e. The Morgan fingerprint density at radius 2 is 1.79 bits per heavy atom. The third kappa shape index (κ3) is 3.92. The maximum absolute atomic E-state index is 13.0.